The highest BCUT2D eigenvalue weighted by Gasteiger charge is 2.32. The number of carbonyl (C=O) groups excluding carboxylic acids is 1. The summed E-state index contributed by atoms with van der Waals surface area (Å²) in [6.07, 6.45) is 4.08. The van der Waals surface area contributed by atoms with Gasteiger partial charge in [0.05, 0.1) is 25.0 Å². The standard InChI is InChI=1S/C21H22N4O3/c1-3-12-27-18-14-25(16-8-5-4-6-9-16)23-19(18)21(26)24-13-15(2)28-20-17(24)10-7-11-22-20/h4-11,14-15H,3,12-13H2,1-2H3. The van der Waals surface area contributed by atoms with Gasteiger partial charge in [-0.05, 0) is 37.6 Å². The molecule has 3 heterocycles. The van der Waals surface area contributed by atoms with Gasteiger partial charge in [0, 0.05) is 6.20 Å². The summed E-state index contributed by atoms with van der Waals surface area (Å²) >= 11 is 0. The van der Waals surface area contributed by atoms with Crippen LogP contribution in [0, 0.1) is 0 Å². The Morgan fingerprint density at radius 3 is 2.86 bits per heavy atom. The quantitative estimate of drug-likeness (QED) is 0.680. The van der Waals surface area contributed by atoms with Crippen molar-refractivity contribution in [1.82, 2.24) is 14.8 Å². The molecule has 0 spiro atoms. The number of hydrogen-bond donors (Lipinski definition) is 0. The van der Waals surface area contributed by atoms with E-state index in [4.69, 9.17) is 9.47 Å². The maximum Gasteiger partial charge on any atom is 0.282 e. The number of para-hydroxylation sites is 1. The predicted octanol–water partition coefficient (Wildman–Crippen LogP) is 3.48. The number of carbonyl (C=O) groups is 1. The van der Waals surface area contributed by atoms with Gasteiger partial charge in [-0.25, -0.2) is 9.67 Å². The van der Waals surface area contributed by atoms with Crippen molar-refractivity contribution in [2.24, 2.45) is 0 Å². The Bertz CT molecular complexity index is 971. The number of amides is 1. The zero-order chi connectivity index (χ0) is 19.5. The second-order valence-corrected chi connectivity index (χ2v) is 6.64. The molecular formula is C21H22N4O3. The van der Waals surface area contributed by atoms with Gasteiger partial charge in [0.15, 0.2) is 11.4 Å². The summed E-state index contributed by atoms with van der Waals surface area (Å²) in [5, 5.41) is 4.55. The summed E-state index contributed by atoms with van der Waals surface area (Å²) in [5.74, 6) is 0.693. The molecule has 0 N–H and O–H groups in total. The van der Waals surface area contributed by atoms with Crippen LogP contribution in [0.4, 0.5) is 5.69 Å². The van der Waals surface area contributed by atoms with E-state index in [1.165, 1.54) is 0 Å². The molecule has 0 saturated carbocycles. The number of nitrogens with zero attached hydrogens (tertiary/aromatic N) is 4. The van der Waals surface area contributed by atoms with Crippen LogP contribution in [-0.4, -0.2) is 39.9 Å². The first-order valence-corrected chi connectivity index (χ1v) is 9.38. The van der Waals surface area contributed by atoms with Crippen LogP contribution in [0.25, 0.3) is 5.69 Å². The summed E-state index contributed by atoms with van der Waals surface area (Å²) in [5.41, 5.74) is 1.78. The van der Waals surface area contributed by atoms with E-state index >= 15 is 0 Å². The zero-order valence-corrected chi connectivity index (χ0v) is 15.9. The normalized spacial score (nSPS) is 15.6. The van der Waals surface area contributed by atoms with Crippen molar-refractivity contribution in [2.75, 3.05) is 18.1 Å². The highest BCUT2D eigenvalue weighted by molar-refractivity contribution is 6.07. The number of benzene rings is 1. The van der Waals surface area contributed by atoms with Crippen LogP contribution in [0.15, 0.2) is 54.9 Å². The van der Waals surface area contributed by atoms with E-state index in [9.17, 15) is 4.79 Å². The van der Waals surface area contributed by atoms with Gasteiger partial charge in [0.2, 0.25) is 5.88 Å². The van der Waals surface area contributed by atoms with Crippen LogP contribution in [0.5, 0.6) is 11.6 Å². The van der Waals surface area contributed by atoms with Crippen LogP contribution in [0.1, 0.15) is 30.8 Å². The number of rotatable bonds is 5. The van der Waals surface area contributed by atoms with Gasteiger partial charge in [-0.2, -0.15) is 5.10 Å². The molecule has 3 aromatic rings. The van der Waals surface area contributed by atoms with E-state index in [-0.39, 0.29) is 17.7 Å². The maximum absolute atomic E-state index is 13.4. The van der Waals surface area contributed by atoms with E-state index in [0.717, 1.165) is 12.1 Å². The van der Waals surface area contributed by atoms with Crippen molar-refractivity contribution in [3.8, 4) is 17.3 Å². The molecule has 1 atom stereocenters. The maximum atomic E-state index is 13.4. The molecule has 0 aliphatic carbocycles. The number of pyridine rings is 1. The fourth-order valence-corrected chi connectivity index (χ4v) is 3.12. The summed E-state index contributed by atoms with van der Waals surface area (Å²) in [4.78, 5) is 19.3. The minimum absolute atomic E-state index is 0.164. The highest BCUT2D eigenvalue weighted by atomic mass is 16.5. The third-order valence-electron chi connectivity index (χ3n) is 4.41. The Morgan fingerprint density at radius 1 is 1.25 bits per heavy atom. The lowest BCUT2D eigenvalue weighted by atomic mass is 10.2. The van der Waals surface area contributed by atoms with Crippen molar-refractivity contribution < 1.29 is 14.3 Å². The smallest absolute Gasteiger partial charge is 0.282 e. The van der Waals surface area contributed by atoms with Crippen molar-refractivity contribution in [2.45, 2.75) is 26.4 Å². The van der Waals surface area contributed by atoms with E-state index in [1.54, 1.807) is 28.0 Å². The predicted molar refractivity (Wildman–Crippen MR) is 105 cm³/mol. The summed E-state index contributed by atoms with van der Waals surface area (Å²) < 4.78 is 13.3. The third kappa shape index (κ3) is 3.43. The van der Waals surface area contributed by atoms with E-state index in [2.05, 4.69) is 10.1 Å². The van der Waals surface area contributed by atoms with Crippen molar-refractivity contribution in [3.63, 3.8) is 0 Å². The van der Waals surface area contributed by atoms with Crippen LogP contribution in [-0.2, 0) is 0 Å². The fraction of sp³-hybridized carbons (Fsp3) is 0.286. The van der Waals surface area contributed by atoms with Crippen molar-refractivity contribution in [3.05, 3.63) is 60.6 Å². The van der Waals surface area contributed by atoms with Crippen molar-refractivity contribution in [1.29, 1.82) is 0 Å². The molecule has 28 heavy (non-hydrogen) atoms. The van der Waals surface area contributed by atoms with Crippen molar-refractivity contribution >= 4 is 11.6 Å². The average molecular weight is 378 g/mol. The number of aromatic nitrogens is 3. The van der Waals surface area contributed by atoms with Gasteiger partial charge in [-0.15, -0.1) is 0 Å². The zero-order valence-electron chi connectivity index (χ0n) is 15.9. The molecule has 144 valence electrons. The molecule has 0 bridgehead atoms. The Morgan fingerprint density at radius 2 is 2.07 bits per heavy atom. The molecular weight excluding hydrogens is 356 g/mol. The fourth-order valence-electron chi connectivity index (χ4n) is 3.12. The Balaban J connectivity index is 1.73. The van der Waals surface area contributed by atoms with Crippen LogP contribution >= 0.6 is 0 Å². The summed E-state index contributed by atoms with van der Waals surface area (Å²) in [7, 11) is 0. The molecule has 0 radical (unpaired) electrons. The molecule has 1 amide bonds. The largest absolute Gasteiger partial charge is 0.489 e. The van der Waals surface area contributed by atoms with Crippen LogP contribution < -0.4 is 14.4 Å². The van der Waals surface area contributed by atoms with Gasteiger partial charge < -0.3 is 9.47 Å². The summed E-state index contributed by atoms with van der Waals surface area (Å²) in [6, 6.07) is 13.3. The topological polar surface area (TPSA) is 69.5 Å². The van der Waals surface area contributed by atoms with Gasteiger partial charge >= 0.3 is 0 Å². The molecule has 4 rings (SSSR count). The molecule has 7 nitrogen and oxygen atoms in total. The molecule has 1 aromatic carbocycles. The minimum atomic E-state index is -0.231. The van der Waals surface area contributed by atoms with Gasteiger partial charge in [-0.3, -0.25) is 9.69 Å². The number of anilines is 1. The van der Waals surface area contributed by atoms with E-state index in [0.29, 0.717) is 30.5 Å². The monoisotopic (exact) mass is 378 g/mol. The van der Waals surface area contributed by atoms with Gasteiger partial charge in [0.25, 0.3) is 5.91 Å². The number of fused-ring (bicyclic) bond motifs is 1. The molecule has 1 aliphatic rings. The Kier molecular flexibility index (Phi) is 4.97. The minimum Gasteiger partial charge on any atom is -0.489 e. The lowest BCUT2D eigenvalue weighted by molar-refractivity contribution is 0.0949. The van der Waals surface area contributed by atoms with E-state index < -0.39 is 0 Å². The molecule has 1 aliphatic heterocycles. The summed E-state index contributed by atoms with van der Waals surface area (Å²) in [6.45, 7) is 4.87. The van der Waals surface area contributed by atoms with Crippen LogP contribution in [0.3, 0.4) is 0 Å². The molecule has 1 unspecified atom stereocenters. The van der Waals surface area contributed by atoms with E-state index in [1.807, 2.05) is 50.2 Å². The first-order chi connectivity index (χ1) is 13.7. The molecule has 0 fully saturated rings. The third-order valence-corrected chi connectivity index (χ3v) is 4.41. The average Bonchev–Trinajstić information content (AvgIpc) is 3.16. The lowest BCUT2D eigenvalue weighted by Gasteiger charge is -2.32. The SMILES string of the molecule is CCCOc1cn(-c2ccccc2)nc1C(=O)N1CC(C)Oc2ncccc21. The first-order valence-electron chi connectivity index (χ1n) is 9.38. The molecule has 2 aromatic heterocycles. The second kappa shape index (κ2) is 7.72. The number of hydrogen-bond acceptors (Lipinski definition) is 5. The molecule has 0 saturated heterocycles. The highest BCUT2D eigenvalue weighted by Crippen LogP contribution is 2.33. The first kappa shape index (κ1) is 18.0. The lowest BCUT2D eigenvalue weighted by Crippen LogP contribution is -2.43. The Labute approximate surface area is 163 Å². The number of ether oxygens (including phenoxy) is 2. The van der Waals surface area contributed by atoms with Gasteiger partial charge in [-0.1, -0.05) is 25.1 Å². The Hall–Kier alpha value is -3.35. The van der Waals surface area contributed by atoms with Crippen LogP contribution in [0.2, 0.25) is 0 Å². The molecule has 7 heteroatoms. The second-order valence-electron chi connectivity index (χ2n) is 6.64. The van der Waals surface area contributed by atoms with Gasteiger partial charge in [0.1, 0.15) is 11.8 Å².